The van der Waals surface area contributed by atoms with Crippen LogP contribution in [-0.4, -0.2) is 53.1 Å². The van der Waals surface area contributed by atoms with Crippen molar-refractivity contribution in [3.63, 3.8) is 0 Å². The molecule has 4 nitrogen and oxygen atoms in total. The minimum Gasteiger partial charge on any atom is -0.381 e. The van der Waals surface area contributed by atoms with E-state index in [1.54, 1.807) is 0 Å². The summed E-state index contributed by atoms with van der Waals surface area (Å²) in [6.07, 6.45) is 2.34. The number of hydrogen-bond donors (Lipinski definition) is 1. The Bertz CT molecular complexity index is 314. The lowest BCUT2D eigenvalue weighted by molar-refractivity contribution is -0.140. The van der Waals surface area contributed by atoms with Gasteiger partial charge in [0.2, 0.25) is 5.91 Å². The van der Waals surface area contributed by atoms with E-state index >= 15 is 0 Å². The van der Waals surface area contributed by atoms with E-state index < -0.39 is 5.54 Å². The Labute approximate surface area is 114 Å². The van der Waals surface area contributed by atoms with Gasteiger partial charge in [0.05, 0.1) is 5.54 Å². The van der Waals surface area contributed by atoms with E-state index in [9.17, 15) is 4.79 Å². The Morgan fingerprint density at radius 1 is 1.22 bits per heavy atom. The molecule has 1 amide bonds. The van der Waals surface area contributed by atoms with Gasteiger partial charge in [-0.2, -0.15) is 11.8 Å². The van der Waals surface area contributed by atoms with Gasteiger partial charge in [0.25, 0.3) is 0 Å². The molecule has 104 valence electrons. The third-order valence-electron chi connectivity index (χ3n) is 3.94. The molecular formula is C13H24N2O2S. The predicted molar refractivity (Wildman–Crippen MR) is 74.7 cm³/mol. The van der Waals surface area contributed by atoms with Gasteiger partial charge in [-0.15, -0.1) is 0 Å². The second-order valence-electron chi connectivity index (χ2n) is 5.92. The maximum Gasteiger partial charge on any atom is 0.242 e. The maximum absolute atomic E-state index is 12.6. The van der Waals surface area contributed by atoms with Crippen molar-refractivity contribution >= 4 is 17.7 Å². The molecule has 0 aromatic heterocycles. The van der Waals surface area contributed by atoms with Crippen LogP contribution in [0, 0.1) is 0 Å². The molecule has 0 spiro atoms. The van der Waals surface area contributed by atoms with Crippen molar-refractivity contribution in [2.75, 3.05) is 32.1 Å². The first-order valence-corrected chi connectivity index (χ1v) is 7.72. The van der Waals surface area contributed by atoms with Crippen molar-refractivity contribution in [2.24, 2.45) is 5.73 Å². The van der Waals surface area contributed by atoms with Crippen molar-refractivity contribution in [3.8, 4) is 0 Å². The normalized spacial score (nSPS) is 27.6. The molecule has 18 heavy (non-hydrogen) atoms. The Hall–Kier alpha value is -0.260. The van der Waals surface area contributed by atoms with Gasteiger partial charge in [0, 0.05) is 36.8 Å². The van der Waals surface area contributed by atoms with E-state index in [1.807, 2.05) is 16.7 Å². The van der Waals surface area contributed by atoms with E-state index in [-0.39, 0.29) is 10.7 Å². The van der Waals surface area contributed by atoms with Crippen molar-refractivity contribution in [3.05, 3.63) is 0 Å². The SMILES string of the molecule is CC1(C)CCN(C(=O)C2(N)CCOCC2)CCS1. The standard InChI is InChI=1S/C13H24N2O2S/c1-12(2)3-6-15(7-10-18-12)11(16)13(14)4-8-17-9-5-13/h3-10,14H2,1-2H3. The van der Waals surface area contributed by atoms with Crippen molar-refractivity contribution in [1.29, 1.82) is 0 Å². The zero-order valence-corrected chi connectivity index (χ0v) is 12.2. The smallest absolute Gasteiger partial charge is 0.242 e. The second-order valence-corrected chi connectivity index (χ2v) is 7.72. The third-order valence-corrected chi connectivity index (χ3v) is 5.31. The van der Waals surface area contributed by atoms with Gasteiger partial charge in [-0.25, -0.2) is 0 Å². The summed E-state index contributed by atoms with van der Waals surface area (Å²) in [5.74, 6) is 1.13. The number of nitrogens with zero attached hydrogens (tertiary/aromatic N) is 1. The molecule has 0 bridgehead atoms. The zero-order chi connectivity index (χ0) is 13.2. The van der Waals surface area contributed by atoms with Gasteiger partial charge in [-0.1, -0.05) is 13.8 Å². The fourth-order valence-electron chi connectivity index (χ4n) is 2.49. The van der Waals surface area contributed by atoms with Crippen LogP contribution in [0.1, 0.15) is 33.1 Å². The van der Waals surface area contributed by atoms with E-state index in [1.165, 1.54) is 0 Å². The topological polar surface area (TPSA) is 55.6 Å². The summed E-state index contributed by atoms with van der Waals surface area (Å²) in [6, 6.07) is 0. The molecule has 2 fully saturated rings. The third kappa shape index (κ3) is 3.19. The van der Waals surface area contributed by atoms with Crippen LogP contribution < -0.4 is 5.73 Å². The molecule has 0 aliphatic carbocycles. The molecule has 2 N–H and O–H groups in total. The van der Waals surface area contributed by atoms with Gasteiger partial charge < -0.3 is 15.4 Å². The van der Waals surface area contributed by atoms with E-state index in [0.29, 0.717) is 26.1 Å². The maximum atomic E-state index is 12.6. The number of amides is 1. The fraction of sp³-hybridized carbons (Fsp3) is 0.923. The molecule has 0 atom stereocenters. The van der Waals surface area contributed by atoms with Crippen LogP contribution in [0.25, 0.3) is 0 Å². The molecule has 2 aliphatic heterocycles. The Morgan fingerprint density at radius 3 is 2.56 bits per heavy atom. The van der Waals surface area contributed by atoms with Gasteiger partial charge in [-0.3, -0.25) is 4.79 Å². The highest BCUT2D eigenvalue weighted by atomic mass is 32.2. The lowest BCUT2D eigenvalue weighted by Crippen LogP contribution is -2.58. The summed E-state index contributed by atoms with van der Waals surface area (Å²) >= 11 is 1.95. The van der Waals surface area contributed by atoms with Crippen molar-refractivity contribution in [2.45, 2.75) is 43.4 Å². The lowest BCUT2D eigenvalue weighted by atomic mass is 9.89. The average Bonchev–Trinajstić information content (AvgIpc) is 2.50. The van der Waals surface area contributed by atoms with Crippen LogP contribution in [0.2, 0.25) is 0 Å². The van der Waals surface area contributed by atoms with Gasteiger partial charge in [0.15, 0.2) is 0 Å². The first-order valence-electron chi connectivity index (χ1n) is 6.73. The van der Waals surface area contributed by atoms with Crippen LogP contribution in [0.5, 0.6) is 0 Å². The van der Waals surface area contributed by atoms with Crippen LogP contribution in [0.15, 0.2) is 0 Å². The quantitative estimate of drug-likeness (QED) is 0.780. The summed E-state index contributed by atoms with van der Waals surface area (Å²) in [6.45, 7) is 7.37. The fourth-order valence-corrected chi connectivity index (χ4v) is 3.59. The Balaban J connectivity index is 2.00. The average molecular weight is 272 g/mol. The molecule has 2 aliphatic rings. The first-order chi connectivity index (χ1) is 8.43. The summed E-state index contributed by atoms with van der Waals surface area (Å²) in [5, 5.41) is 0. The number of hydrogen-bond acceptors (Lipinski definition) is 4. The van der Waals surface area contributed by atoms with E-state index in [4.69, 9.17) is 10.5 Å². The minimum atomic E-state index is -0.683. The molecule has 5 heteroatoms. The molecule has 2 saturated heterocycles. The molecular weight excluding hydrogens is 248 g/mol. The molecule has 2 rings (SSSR count). The number of ether oxygens (including phenoxy) is 1. The largest absolute Gasteiger partial charge is 0.381 e. The predicted octanol–water partition coefficient (Wildman–Crippen LogP) is 1.24. The van der Waals surface area contributed by atoms with E-state index in [0.717, 1.165) is 25.3 Å². The first kappa shape index (κ1) is 14.2. The highest BCUT2D eigenvalue weighted by molar-refractivity contribution is 8.00. The second kappa shape index (κ2) is 5.39. The van der Waals surface area contributed by atoms with Gasteiger partial charge in [-0.05, 0) is 19.3 Å². The monoisotopic (exact) mass is 272 g/mol. The van der Waals surface area contributed by atoms with Crippen molar-refractivity contribution in [1.82, 2.24) is 4.90 Å². The van der Waals surface area contributed by atoms with Crippen LogP contribution in [0.3, 0.4) is 0 Å². The number of rotatable bonds is 1. The highest BCUT2D eigenvalue weighted by Crippen LogP contribution is 2.31. The van der Waals surface area contributed by atoms with Crippen molar-refractivity contribution < 1.29 is 9.53 Å². The lowest BCUT2D eigenvalue weighted by Gasteiger charge is -2.36. The molecule has 2 heterocycles. The molecule has 0 saturated carbocycles. The minimum absolute atomic E-state index is 0.129. The number of thioether (sulfide) groups is 1. The summed E-state index contributed by atoms with van der Waals surface area (Å²) in [4.78, 5) is 14.5. The van der Waals surface area contributed by atoms with E-state index in [2.05, 4.69) is 13.8 Å². The summed E-state index contributed by atoms with van der Waals surface area (Å²) in [7, 11) is 0. The molecule has 0 unspecified atom stereocenters. The Kier molecular flexibility index (Phi) is 4.24. The number of nitrogens with two attached hydrogens (primary N) is 1. The van der Waals surface area contributed by atoms with Gasteiger partial charge in [0.1, 0.15) is 0 Å². The molecule has 0 aromatic carbocycles. The highest BCUT2D eigenvalue weighted by Gasteiger charge is 2.39. The summed E-state index contributed by atoms with van der Waals surface area (Å²) < 4.78 is 5.58. The van der Waals surface area contributed by atoms with Crippen LogP contribution >= 0.6 is 11.8 Å². The zero-order valence-electron chi connectivity index (χ0n) is 11.4. The van der Waals surface area contributed by atoms with Crippen LogP contribution in [0.4, 0.5) is 0 Å². The number of carbonyl (C=O) groups excluding carboxylic acids is 1. The molecule has 0 radical (unpaired) electrons. The Morgan fingerprint density at radius 2 is 1.89 bits per heavy atom. The summed E-state index contributed by atoms with van der Waals surface area (Å²) in [5.41, 5.74) is 5.59. The van der Waals surface area contributed by atoms with Gasteiger partial charge >= 0.3 is 0 Å². The molecule has 0 aromatic rings. The number of carbonyl (C=O) groups is 1. The van der Waals surface area contributed by atoms with Crippen LogP contribution in [-0.2, 0) is 9.53 Å².